The maximum atomic E-state index is 13.1. The van der Waals surface area contributed by atoms with E-state index in [2.05, 4.69) is 5.32 Å². The van der Waals surface area contributed by atoms with Crippen molar-refractivity contribution in [2.45, 2.75) is 26.3 Å². The number of carbonyl (C=O) groups excluding carboxylic acids is 3. The van der Waals surface area contributed by atoms with E-state index in [0.717, 1.165) is 16.2 Å². The SMILES string of the molecule is CCN(C(=O)CN1C(=O)NC(C)(c2ccc(Cl)cc2Cl)C1=O)c1ccccc1C. The number of imide groups is 1. The fourth-order valence-corrected chi connectivity index (χ4v) is 4.08. The van der Waals surface area contributed by atoms with Crippen LogP contribution in [0, 0.1) is 6.92 Å². The number of nitrogens with one attached hydrogen (secondary N) is 1. The number of hydrogen-bond donors (Lipinski definition) is 1. The number of hydrogen-bond acceptors (Lipinski definition) is 3. The summed E-state index contributed by atoms with van der Waals surface area (Å²) in [4.78, 5) is 41.1. The number of amides is 4. The van der Waals surface area contributed by atoms with Gasteiger partial charge in [-0.25, -0.2) is 4.79 Å². The van der Waals surface area contributed by atoms with Crippen LogP contribution < -0.4 is 10.2 Å². The van der Waals surface area contributed by atoms with Crippen molar-refractivity contribution in [1.29, 1.82) is 0 Å². The van der Waals surface area contributed by atoms with Gasteiger partial charge in [0.15, 0.2) is 0 Å². The highest BCUT2D eigenvalue weighted by Crippen LogP contribution is 2.35. The molecule has 1 atom stereocenters. The number of aryl methyl sites for hydroxylation is 1. The zero-order chi connectivity index (χ0) is 21.3. The number of likely N-dealkylation sites (N-methyl/N-ethyl adjacent to an activating group) is 1. The van der Waals surface area contributed by atoms with Crippen LogP contribution in [0.4, 0.5) is 10.5 Å². The van der Waals surface area contributed by atoms with Gasteiger partial charge in [-0.3, -0.25) is 14.5 Å². The average Bonchev–Trinajstić information content (AvgIpc) is 2.87. The number of carbonyl (C=O) groups is 3. The number of nitrogens with zero attached hydrogens (tertiary/aromatic N) is 2. The highest BCUT2D eigenvalue weighted by Gasteiger charge is 2.50. The third kappa shape index (κ3) is 3.82. The van der Waals surface area contributed by atoms with E-state index in [-0.39, 0.29) is 17.5 Å². The van der Waals surface area contributed by atoms with Crippen molar-refractivity contribution in [2.75, 3.05) is 18.0 Å². The molecular weight excluding hydrogens is 413 g/mol. The molecule has 0 aliphatic carbocycles. The van der Waals surface area contributed by atoms with Crippen LogP contribution in [0.25, 0.3) is 0 Å². The lowest BCUT2D eigenvalue weighted by Gasteiger charge is -2.26. The molecule has 152 valence electrons. The smallest absolute Gasteiger partial charge is 0.319 e. The van der Waals surface area contributed by atoms with Gasteiger partial charge < -0.3 is 10.2 Å². The first-order chi connectivity index (χ1) is 13.7. The van der Waals surface area contributed by atoms with Gasteiger partial charge in [-0.2, -0.15) is 0 Å². The number of urea groups is 1. The lowest BCUT2D eigenvalue weighted by molar-refractivity contribution is -0.134. The molecule has 0 spiro atoms. The summed E-state index contributed by atoms with van der Waals surface area (Å²) >= 11 is 12.2. The third-order valence-electron chi connectivity index (χ3n) is 5.06. The van der Waals surface area contributed by atoms with Gasteiger partial charge in [0.05, 0.1) is 0 Å². The Balaban J connectivity index is 1.86. The molecule has 1 aliphatic heterocycles. The van der Waals surface area contributed by atoms with Crippen molar-refractivity contribution in [3.05, 3.63) is 63.6 Å². The molecule has 8 heteroatoms. The summed E-state index contributed by atoms with van der Waals surface area (Å²) in [7, 11) is 0. The first kappa shape index (κ1) is 21.1. The molecule has 0 aromatic heterocycles. The van der Waals surface area contributed by atoms with Gasteiger partial charge in [0.2, 0.25) is 5.91 Å². The Labute approximate surface area is 179 Å². The Kier molecular flexibility index (Phi) is 5.87. The minimum Gasteiger partial charge on any atom is -0.319 e. The summed E-state index contributed by atoms with van der Waals surface area (Å²) in [6.07, 6.45) is 0. The predicted octanol–water partition coefficient (Wildman–Crippen LogP) is 4.12. The van der Waals surface area contributed by atoms with Gasteiger partial charge in [0, 0.05) is 27.8 Å². The largest absolute Gasteiger partial charge is 0.325 e. The molecule has 1 heterocycles. The lowest BCUT2D eigenvalue weighted by atomic mass is 9.92. The summed E-state index contributed by atoms with van der Waals surface area (Å²) in [5.74, 6) is -0.891. The Morgan fingerprint density at radius 1 is 1.17 bits per heavy atom. The standard InChI is InChI=1S/C21H21Cl2N3O3/c1-4-25(17-8-6-5-7-13(17)2)18(27)12-26-19(28)21(3,24-20(26)29)15-10-9-14(22)11-16(15)23/h5-11H,4,12H2,1-3H3,(H,24,29). The number of rotatable bonds is 5. The molecule has 3 rings (SSSR count). The molecule has 0 radical (unpaired) electrons. The highest BCUT2D eigenvalue weighted by atomic mass is 35.5. The maximum Gasteiger partial charge on any atom is 0.325 e. The van der Waals surface area contributed by atoms with E-state index in [1.807, 2.05) is 38.1 Å². The maximum absolute atomic E-state index is 13.1. The van der Waals surface area contributed by atoms with Gasteiger partial charge in [-0.1, -0.05) is 47.5 Å². The molecule has 2 aromatic carbocycles. The second kappa shape index (κ2) is 8.05. The third-order valence-corrected chi connectivity index (χ3v) is 5.61. The fourth-order valence-electron chi connectivity index (χ4n) is 3.49. The molecule has 1 saturated heterocycles. The van der Waals surface area contributed by atoms with E-state index < -0.39 is 17.5 Å². The fraction of sp³-hybridized carbons (Fsp3) is 0.286. The average molecular weight is 434 g/mol. The topological polar surface area (TPSA) is 69.7 Å². The van der Waals surface area contributed by atoms with Crippen molar-refractivity contribution in [1.82, 2.24) is 10.2 Å². The first-order valence-electron chi connectivity index (χ1n) is 9.14. The second-order valence-corrected chi connectivity index (χ2v) is 7.84. The van der Waals surface area contributed by atoms with Crippen molar-refractivity contribution >= 4 is 46.7 Å². The molecule has 29 heavy (non-hydrogen) atoms. The summed E-state index contributed by atoms with van der Waals surface area (Å²) < 4.78 is 0. The summed E-state index contributed by atoms with van der Waals surface area (Å²) in [5.41, 5.74) is 0.718. The Morgan fingerprint density at radius 3 is 2.48 bits per heavy atom. The molecule has 6 nitrogen and oxygen atoms in total. The zero-order valence-corrected chi connectivity index (χ0v) is 17.8. The van der Waals surface area contributed by atoms with Crippen molar-refractivity contribution < 1.29 is 14.4 Å². The quantitative estimate of drug-likeness (QED) is 0.720. The molecule has 1 fully saturated rings. The van der Waals surface area contributed by atoms with Crippen LogP contribution >= 0.6 is 23.2 Å². The van der Waals surface area contributed by atoms with Crippen molar-refractivity contribution in [3.8, 4) is 0 Å². The normalized spacial score (nSPS) is 18.7. The van der Waals surface area contributed by atoms with Gasteiger partial charge >= 0.3 is 6.03 Å². The molecule has 0 saturated carbocycles. The van der Waals surface area contributed by atoms with Crippen LogP contribution in [0.1, 0.15) is 25.0 Å². The Hall–Kier alpha value is -2.57. The summed E-state index contributed by atoms with van der Waals surface area (Å²) in [5, 5.41) is 3.34. The molecule has 0 bridgehead atoms. The predicted molar refractivity (Wildman–Crippen MR) is 113 cm³/mol. The van der Waals surface area contributed by atoms with E-state index in [0.29, 0.717) is 17.1 Å². The van der Waals surface area contributed by atoms with Crippen LogP contribution in [0.2, 0.25) is 10.0 Å². The van der Waals surface area contributed by atoms with Crippen LogP contribution in [0.15, 0.2) is 42.5 Å². The molecule has 1 N–H and O–H groups in total. The molecule has 2 aromatic rings. The highest BCUT2D eigenvalue weighted by molar-refractivity contribution is 6.35. The van der Waals surface area contributed by atoms with E-state index in [1.54, 1.807) is 24.0 Å². The first-order valence-corrected chi connectivity index (χ1v) is 9.90. The lowest BCUT2D eigenvalue weighted by Crippen LogP contribution is -2.45. The van der Waals surface area contributed by atoms with E-state index in [1.165, 1.54) is 6.07 Å². The van der Waals surface area contributed by atoms with Crippen LogP contribution in [0.5, 0.6) is 0 Å². The van der Waals surface area contributed by atoms with Gasteiger partial charge in [-0.15, -0.1) is 0 Å². The van der Waals surface area contributed by atoms with Gasteiger partial charge in [0.25, 0.3) is 5.91 Å². The minimum atomic E-state index is -1.38. The van der Waals surface area contributed by atoms with E-state index >= 15 is 0 Å². The van der Waals surface area contributed by atoms with Crippen LogP contribution in [-0.2, 0) is 15.1 Å². The summed E-state index contributed by atoms with van der Waals surface area (Å²) in [6, 6.07) is 11.5. The number of anilines is 1. The van der Waals surface area contributed by atoms with E-state index in [4.69, 9.17) is 23.2 Å². The van der Waals surface area contributed by atoms with Gasteiger partial charge in [-0.05, 0) is 44.5 Å². The van der Waals surface area contributed by atoms with Crippen LogP contribution in [-0.4, -0.2) is 35.8 Å². The Bertz CT molecular complexity index is 995. The van der Waals surface area contributed by atoms with Crippen LogP contribution in [0.3, 0.4) is 0 Å². The van der Waals surface area contributed by atoms with Gasteiger partial charge in [0.1, 0.15) is 12.1 Å². The zero-order valence-electron chi connectivity index (χ0n) is 16.3. The number of halogens is 2. The number of para-hydroxylation sites is 1. The van der Waals surface area contributed by atoms with E-state index in [9.17, 15) is 14.4 Å². The Morgan fingerprint density at radius 2 is 1.86 bits per heavy atom. The molecular formula is C21H21Cl2N3O3. The van der Waals surface area contributed by atoms with Crippen molar-refractivity contribution in [3.63, 3.8) is 0 Å². The number of benzene rings is 2. The summed E-state index contributed by atoms with van der Waals surface area (Å²) in [6.45, 7) is 5.35. The minimum absolute atomic E-state index is 0.261. The molecule has 4 amide bonds. The monoisotopic (exact) mass is 433 g/mol. The van der Waals surface area contributed by atoms with Crippen molar-refractivity contribution in [2.24, 2.45) is 0 Å². The second-order valence-electron chi connectivity index (χ2n) is 7.00. The molecule has 1 unspecified atom stereocenters. The molecule has 1 aliphatic rings.